The molecule has 0 atom stereocenters. The van der Waals surface area contributed by atoms with Gasteiger partial charge in [0.05, 0.1) is 36.6 Å². The SMILES string of the molecule is COc1ccc2c(c1OC)C(=O)N(c1ccc(C(=O)O)cc1)C2=O. The lowest BCUT2D eigenvalue weighted by molar-refractivity contribution is 0.0696. The molecular weight excluding hydrogens is 314 g/mol. The largest absolute Gasteiger partial charge is 0.493 e. The van der Waals surface area contributed by atoms with Crippen molar-refractivity contribution >= 4 is 23.5 Å². The lowest BCUT2D eigenvalue weighted by atomic mass is 10.1. The predicted molar refractivity (Wildman–Crippen MR) is 84.1 cm³/mol. The van der Waals surface area contributed by atoms with Crippen molar-refractivity contribution in [1.29, 1.82) is 0 Å². The van der Waals surface area contributed by atoms with Gasteiger partial charge in [0.1, 0.15) is 0 Å². The number of hydrogen-bond donors (Lipinski definition) is 1. The van der Waals surface area contributed by atoms with Crippen molar-refractivity contribution in [3.63, 3.8) is 0 Å². The second kappa shape index (κ2) is 5.69. The zero-order valence-electron chi connectivity index (χ0n) is 12.9. The Kier molecular flexibility index (Phi) is 3.69. The van der Waals surface area contributed by atoms with Gasteiger partial charge in [-0.2, -0.15) is 0 Å². The first-order chi connectivity index (χ1) is 11.5. The number of aromatic carboxylic acids is 1. The highest BCUT2D eigenvalue weighted by atomic mass is 16.5. The number of anilines is 1. The van der Waals surface area contributed by atoms with Gasteiger partial charge >= 0.3 is 5.97 Å². The van der Waals surface area contributed by atoms with E-state index in [4.69, 9.17) is 14.6 Å². The minimum atomic E-state index is -1.09. The van der Waals surface area contributed by atoms with Crippen LogP contribution in [0.1, 0.15) is 31.1 Å². The van der Waals surface area contributed by atoms with E-state index in [1.807, 2.05) is 0 Å². The number of methoxy groups -OCH3 is 2. The zero-order chi connectivity index (χ0) is 17.4. The fourth-order valence-corrected chi connectivity index (χ4v) is 2.63. The van der Waals surface area contributed by atoms with Crippen LogP contribution in [0.15, 0.2) is 36.4 Å². The minimum Gasteiger partial charge on any atom is -0.493 e. The van der Waals surface area contributed by atoms with Gasteiger partial charge < -0.3 is 14.6 Å². The van der Waals surface area contributed by atoms with Crippen molar-refractivity contribution in [1.82, 2.24) is 0 Å². The Balaban J connectivity index is 2.08. The topological polar surface area (TPSA) is 93.1 Å². The van der Waals surface area contributed by atoms with E-state index >= 15 is 0 Å². The highest BCUT2D eigenvalue weighted by Crippen LogP contribution is 2.39. The summed E-state index contributed by atoms with van der Waals surface area (Å²) in [6, 6.07) is 8.55. The van der Waals surface area contributed by atoms with Crippen LogP contribution in [0.2, 0.25) is 0 Å². The van der Waals surface area contributed by atoms with E-state index in [0.717, 1.165) is 4.90 Å². The minimum absolute atomic E-state index is 0.0645. The quantitative estimate of drug-likeness (QED) is 0.865. The van der Waals surface area contributed by atoms with E-state index in [1.165, 1.54) is 44.6 Å². The number of nitrogens with zero attached hydrogens (tertiary/aromatic N) is 1. The van der Waals surface area contributed by atoms with Crippen molar-refractivity contribution in [3.8, 4) is 11.5 Å². The molecule has 1 aliphatic heterocycles. The third kappa shape index (κ3) is 2.18. The molecule has 0 saturated heterocycles. The summed E-state index contributed by atoms with van der Waals surface area (Å²) < 4.78 is 10.4. The zero-order valence-corrected chi connectivity index (χ0v) is 12.9. The third-order valence-corrected chi connectivity index (χ3v) is 3.77. The molecule has 0 aliphatic carbocycles. The van der Waals surface area contributed by atoms with Gasteiger partial charge in [0.2, 0.25) is 0 Å². The van der Waals surface area contributed by atoms with E-state index in [9.17, 15) is 14.4 Å². The molecule has 0 radical (unpaired) electrons. The Morgan fingerprint density at radius 1 is 0.958 bits per heavy atom. The molecule has 7 heteroatoms. The smallest absolute Gasteiger partial charge is 0.335 e. The molecule has 0 aromatic heterocycles. The molecule has 122 valence electrons. The van der Waals surface area contributed by atoms with Crippen LogP contribution in [-0.4, -0.2) is 37.1 Å². The number of fused-ring (bicyclic) bond motifs is 1. The van der Waals surface area contributed by atoms with Gasteiger partial charge in [-0.25, -0.2) is 9.69 Å². The Labute approximate surface area is 137 Å². The van der Waals surface area contributed by atoms with Crippen molar-refractivity contribution in [2.45, 2.75) is 0 Å². The number of imide groups is 1. The molecular formula is C17H13NO6. The van der Waals surface area contributed by atoms with E-state index in [0.29, 0.717) is 5.75 Å². The Morgan fingerprint density at radius 3 is 2.17 bits per heavy atom. The molecule has 7 nitrogen and oxygen atoms in total. The molecule has 1 aliphatic rings. The lowest BCUT2D eigenvalue weighted by Gasteiger charge is -2.14. The van der Waals surface area contributed by atoms with E-state index in [2.05, 4.69) is 0 Å². The highest BCUT2D eigenvalue weighted by Gasteiger charge is 2.40. The summed E-state index contributed by atoms with van der Waals surface area (Å²) in [4.78, 5) is 37.2. The molecule has 0 unspecified atom stereocenters. The van der Waals surface area contributed by atoms with Crippen LogP contribution in [0.5, 0.6) is 11.5 Å². The summed E-state index contributed by atoms with van der Waals surface area (Å²) in [7, 11) is 2.83. The highest BCUT2D eigenvalue weighted by molar-refractivity contribution is 6.35. The molecule has 2 aromatic carbocycles. The first-order valence-corrected chi connectivity index (χ1v) is 6.96. The molecule has 2 aromatic rings. The number of carbonyl (C=O) groups is 3. The Bertz CT molecular complexity index is 856. The summed E-state index contributed by atoms with van der Waals surface area (Å²) in [5, 5.41) is 8.94. The maximum Gasteiger partial charge on any atom is 0.335 e. The van der Waals surface area contributed by atoms with Gasteiger partial charge in [0, 0.05) is 0 Å². The summed E-state index contributed by atoms with van der Waals surface area (Å²) in [6.07, 6.45) is 0. The van der Waals surface area contributed by atoms with Gasteiger partial charge in [0.15, 0.2) is 11.5 Å². The van der Waals surface area contributed by atoms with Crippen LogP contribution in [0, 0.1) is 0 Å². The van der Waals surface area contributed by atoms with E-state index < -0.39 is 17.8 Å². The van der Waals surface area contributed by atoms with Crippen LogP contribution in [0.3, 0.4) is 0 Å². The third-order valence-electron chi connectivity index (χ3n) is 3.77. The van der Waals surface area contributed by atoms with Gasteiger partial charge in [-0.3, -0.25) is 9.59 Å². The van der Waals surface area contributed by atoms with Crippen molar-refractivity contribution < 1.29 is 29.0 Å². The Hall–Kier alpha value is -3.35. The number of rotatable bonds is 4. The average Bonchev–Trinajstić information content (AvgIpc) is 2.85. The van der Waals surface area contributed by atoms with Crippen molar-refractivity contribution in [2.75, 3.05) is 19.1 Å². The number of amides is 2. The normalized spacial score (nSPS) is 13.0. The summed E-state index contributed by atoms with van der Waals surface area (Å²) in [5.41, 5.74) is 0.686. The second-order valence-electron chi connectivity index (χ2n) is 5.02. The van der Waals surface area contributed by atoms with Crippen LogP contribution >= 0.6 is 0 Å². The van der Waals surface area contributed by atoms with Gasteiger partial charge in [-0.1, -0.05) is 0 Å². The molecule has 3 rings (SSSR count). The molecule has 1 heterocycles. The Morgan fingerprint density at radius 2 is 1.62 bits per heavy atom. The summed E-state index contributed by atoms with van der Waals surface area (Å²) >= 11 is 0. The first kappa shape index (κ1) is 15.5. The maximum atomic E-state index is 12.7. The molecule has 1 N–H and O–H groups in total. The molecule has 0 saturated carbocycles. The fourth-order valence-electron chi connectivity index (χ4n) is 2.63. The number of carboxylic acid groups (broad SMARTS) is 1. The number of carboxylic acids is 1. The van der Waals surface area contributed by atoms with Crippen molar-refractivity contribution in [2.24, 2.45) is 0 Å². The van der Waals surface area contributed by atoms with Crippen LogP contribution < -0.4 is 14.4 Å². The monoisotopic (exact) mass is 327 g/mol. The van der Waals surface area contributed by atoms with E-state index in [1.54, 1.807) is 6.07 Å². The van der Waals surface area contributed by atoms with Crippen LogP contribution in [-0.2, 0) is 0 Å². The molecule has 0 fully saturated rings. The first-order valence-electron chi connectivity index (χ1n) is 6.96. The molecule has 24 heavy (non-hydrogen) atoms. The fraction of sp³-hybridized carbons (Fsp3) is 0.118. The molecule has 2 amide bonds. The van der Waals surface area contributed by atoms with Gasteiger partial charge in [-0.15, -0.1) is 0 Å². The molecule has 0 bridgehead atoms. The van der Waals surface area contributed by atoms with Gasteiger partial charge in [-0.05, 0) is 36.4 Å². The van der Waals surface area contributed by atoms with Crippen molar-refractivity contribution in [3.05, 3.63) is 53.1 Å². The number of benzene rings is 2. The number of ether oxygens (including phenoxy) is 2. The maximum absolute atomic E-state index is 12.7. The van der Waals surface area contributed by atoms with Crippen LogP contribution in [0.4, 0.5) is 5.69 Å². The van der Waals surface area contributed by atoms with Gasteiger partial charge in [0.25, 0.3) is 11.8 Å². The van der Waals surface area contributed by atoms with E-state index in [-0.39, 0.29) is 28.1 Å². The summed E-state index contributed by atoms with van der Waals surface area (Å²) in [5.74, 6) is -1.60. The number of carbonyl (C=O) groups excluding carboxylic acids is 2. The predicted octanol–water partition coefficient (Wildman–Crippen LogP) is 2.20. The second-order valence-corrected chi connectivity index (χ2v) is 5.02. The van der Waals surface area contributed by atoms with Crippen LogP contribution in [0.25, 0.3) is 0 Å². The standard InChI is InChI=1S/C17H13NO6/c1-23-12-8-7-11-13(14(12)24-2)16(20)18(15(11)19)10-5-3-9(4-6-10)17(21)22/h3-8H,1-2H3,(H,21,22). The average molecular weight is 327 g/mol. The lowest BCUT2D eigenvalue weighted by Crippen LogP contribution is -2.29. The molecule has 0 spiro atoms. The summed E-state index contributed by atoms with van der Waals surface area (Å²) in [6.45, 7) is 0. The number of hydrogen-bond acceptors (Lipinski definition) is 5.